The number of hydrogen-bond acceptors (Lipinski definition) is 1. The van der Waals surface area contributed by atoms with Crippen LogP contribution in [0.2, 0.25) is 0 Å². The van der Waals surface area contributed by atoms with Gasteiger partial charge >= 0.3 is 0 Å². The molecule has 0 saturated carbocycles. The maximum atomic E-state index is 3.57. The van der Waals surface area contributed by atoms with Crippen LogP contribution in [0.4, 0.5) is 0 Å². The third-order valence-corrected chi connectivity index (χ3v) is 3.56. The van der Waals surface area contributed by atoms with Gasteiger partial charge in [0.05, 0.1) is 0 Å². The Labute approximate surface area is 107 Å². The van der Waals surface area contributed by atoms with Crippen molar-refractivity contribution >= 4 is 0 Å². The smallest absolute Gasteiger partial charge is 0.00675 e. The third kappa shape index (κ3) is 4.91. The fourth-order valence-electron chi connectivity index (χ4n) is 2.03. The van der Waals surface area contributed by atoms with Crippen LogP contribution in [0.1, 0.15) is 45.2 Å². The molecule has 1 aromatic rings. The molecule has 0 heterocycles. The summed E-state index contributed by atoms with van der Waals surface area (Å²) in [5, 5.41) is 3.57. The highest BCUT2D eigenvalue weighted by molar-refractivity contribution is 5.22. The van der Waals surface area contributed by atoms with E-state index in [2.05, 4.69) is 57.3 Å². The van der Waals surface area contributed by atoms with Gasteiger partial charge in [0.2, 0.25) is 0 Å². The van der Waals surface area contributed by atoms with Crippen molar-refractivity contribution in [2.24, 2.45) is 5.92 Å². The van der Waals surface area contributed by atoms with E-state index in [1.54, 1.807) is 0 Å². The van der Waals surface area contributed by atoms with Gasteiger partial charge in [0.25, 0.3) is 0 Å². The summed E-state index contributed by atoms with van der Waals surface area (Å²) in [7, 11) is 0. The zero-order chi connectivity index (χ0) is 12.7. The molecular formula is C16H27N. The van der Waals surface area contributed by atoms with Gasteiger partial charge in [0.15, 0.2) is 0 Å². The lowest BCUT2D eigenvalue weighted by Gasteiger charge is -2.21. The van der Waals surface area contributed by atoms with E-state index in [9.17, 15) is 0 Å². The average Bonchev–Trinajstić information content (AvgIpc) is 2.36. The standard InChI is InChI=1S/C16H27N/c1-5-11-17-14(4)13(3)12-16-9-7-15(6-2)8-10-16/h7-10,13-14,17H,5-6,11-12H2,1-4H3. The Kier molecular flexibility index (Phi) is 6.28. The van der Waals surface area contributed by atoms with E-state index in [4.69, 9.17) is 0 Å². The van der Waals surface area contributed by atoms with Gasteiger partial charge in [-0.05, 0) is 49.8 Å². The number of benzene rings is 1. The van der Waals surface area contributed by atoms with Crippen LogP contribution in [0.25, 0.3) is 0 Å². The zero-order valence-corrected chi connectivity index (χ0v) is 11.8. The molecule has 17 heavy (non-hydrogen) atoms. The molecular weight excluding hydrogens is 206 g/mol. The van der Waals surface area contributed by atoms with Gasteiger partial charge in [-0.15, -0.1) is 0 Å². The normalized spacial score (nSPS) is 14.6. The molecule has 1 heteroatoms. The molecule has 1 aromatic carbocycles. The molecule has 0 aliphatic heterocycles. The van der Waals surface area contributed by atoms with Crippen molar-refractivity contribution in [1.82, 2.24) is 5.32 Å². The van der Waals surface area contributed by atoms with Crippen LogP contribution in [0.5, 0.6) is 0 Å². The summed E-state index contributed by atoms with van der Waals surface area (Å²) in [6, 6.07) is 9.67. The second-order valence-corrected chi connectivity index (χ2v) is 5.09. The Morgan fingerprint density at radius 2 is 1.59 bits per heavy atom. The molecule has 2 atom stereocenters. The lowest BCUT2D eigenvalue weighted by atomic mass is 9.94. The van der Waals surface area contributed by atoms with Crippen LogP contribution in [0, 0.1) is 5.92 Å². The van der Waals surface area contributed by atoms with Crippen molar-refractivity contribution < 1.29 is 0 Å². The predicted molar refractivity (Wildman–Crippen MR) is 76.4 cm³/mol. The second-order valence-electron chi connectivity index (χ2n) is 5.09. The molecule has 0 amide bonds. The monoisotopic (exact) mass is 233 g/mol. The highest BCUT2D eigenvalue weighted by atomic mass is 14.9. The fraction of sp³-hybridized carbons (Fsp3) is 0.625. The van der Waals surface area contributed by atoms with Gasteiger partial charge in [0, 0.05) is 6.04 Å². The number of nitrogens with one attached hydrogen (secondary N) is 1. The van der Waals surface area contributed by atoms with E-state index in [1.165, 1.54) is 24.0 Å². The van der Waals surface area contributed by atoms with E-state index in [0.717, 1.165) is 13.0 Å². The first-order valence-electron chi connectivity index (χ1n) is 6.98. The summed E-state index contributed by atoms with van der Waals surface area (Å²) in [5.74, 6) is 0.689. The van der Waals surface area contributed by atoms with Crippen LogP contribution < -0.4 is 5.32 Å². The van der Waals surface area contributed by atoms with Crippen LogP contribution in [0.3, 0.4) is 0 Å². The Morgan fingerprint density at radius 1 is 1.00 bits per heavy atom. The predicted octanol–water partition coefficient (Wildman–Crippen LogP) is 3.82. The van der Waals surface area contributed by atoms with Gasteiger partial charge in [-0.1, -0.05) is 45.0 Å². The van der Waals surface area contributed by atoms with Crippen LogP contribution in [-0.4, -0.2) is 12.6 Å². The van der Waals surface area contributed by atoms with Gasteiger partial charge in [-0.2, -0.15) is 0 Å². The van der Waals surface area contributed by atoms with Crippen molar-refractivity contribution in [2.45, 2.75) is 53.0 Å². The minimum atomic E-state index is 0.598. The average molecular weight is 233 g/mol. The van der Waals surface area contributed by atoms with E-state index in [0.29, 0.717) is 12.0 Å². The highest BCUT2D eigenvalue weighted by Crippen LogP contribution is 2.13. The van der Waals surface area contributed by atoms with Crippen LogP contribution in [0.15, 0.2) is 24.3 Å². The molecule has 96 valence electrons. The summed E-state index contributed by atoms with van der Waals surface area (Å²) in [6.07, 6.45) is 3.51. The fourth-order valence-corrected chi connectivity index (χ4v) is 2.03. The molecule has 0 aliphatic carbocycles. The summed E-state index contributed by atoms with van der Waals surface area (Å²) < 4.78 is 0. The van der Waals surface area contributed by atoms with Gasteiger partial charge in [0.1, 0.15) is 0 Å². The Balaban J connectivity index is 2.46. The second kappa shape index (κ2) is 7.50. The van der Waals surface area contributed by atoms with Gasteiger partial charge < -0.3 is 5.32 Å². The quantitative estimate of drug-likeness (QED) is 0.755. The van der Waals surface area contributed by atoms with Crippen molar-refractivity contribution in [1.29, 1.82) is 0 Å². The molecule has 0 aromatic heterocycles. The molecule has 0 saturated heterocycles. The molecule has 0 bridgehead atoms. The molecule has 0 aliphatic rings. The highest BCUT2D eigenvalue weighted by Gasteiger charge is 2.11. The Hall–Kier alpha value is -0.820. The van der Waals surface area contributed by atoms with Crippen LogP contribution in [-0.2, 0) is 12.8 Å². The van der Waals surface area contributed by atoms with E-state index < -0.39 is 0 Å². The lowest BCUT2D eigenvalue weighted by Crippen LogP contribution is -2.33. The van der Waals surface area contributed by atoms with Crippen molar-refractivity contribution in [2.75, 3.05) is 6.54 Å². The minimum Gasteiger partial charge on any atom is -0.314 e. The first-order chi connectivity index (χ1) is 8.17. The van der Waals surface area contributed by atoms with Gasteiger partial charge in [-0.25, -0.2) is 0 Å². The SMILES string of the molecule is CCCNC(C)C(C)Cc1ccc(CC)cc1. The molecule has 1 nitrogen and oxygen atoms in total. The first-order valence-corrected chi connectivity index (χ1v) is 6.98. The molecule has 1 N–H and O–H groups in total. The summed E-state index contributed by atoms with van der Waals surface area (Å²) in [4.78, 5) is 0. The topological polar surface area (TPSA) is 12.0 Å². The Bertz CT molecular complexity index is 302. The number of hydrogen-bond donors (Lipinski definition) is 1. The number of aryl methyl sites for hydroxylation is 1. The summed E-state index contributed by atoms with van der Waals surface area (Å²) in [6.45, 7) is 10.2. The summed E-state index contributed by atoms with van der Waals surface area (Å²) >= 11 is 0. The third-order valence-electron chi connectivity index (χ3n) is 3.56. The molecule has 1 rings (SSSR count). The van der Waals surface area contributed by atoms with Crippen molar-refractivity contribution in [3.05, 3.63) is 35.4 Å². The van der Waals surface area contributed by atoms with Crippen molar-refractivity contribution in [3.8, 4) is 0 Å². The van der Waals surface area contributed by atoms with Crippen LogP contribution >= 0.6 is 0 Å². The minimum absolute atomic E-state index is 0.598. The van der Waals surface area contributed by atoms with E-state index in [1.807, 2.05) is 0 Å². The molecule has 0 fully saturated rings. The van der Waals surface area contributed by atoms with E-state index in [-0.39, 0.29) is 0 Å². The first kappa shape index (κ1) is 14.2. The lowest BCUT2D eigenvalue weighted by molar-refractivity contribution is 0.399. The molecule has 0 radical (unpaired) electrons. The molecule has 2 unspecified atom stereocenters. The maximum Gasteiger partial charge on any atom is 0.00675 e. The largest absolute Gasteiger partial charge is 0.314 e. The van der Waals surface area contributed by atoms with Gasteiger partial charge in [-0.3, -0.25) is 0 Å². The zero-order valence-electron chi connectivity index (χ0n) is 11.8. The maximum absolute atomic E-state index is 3.57. The van der Waals surface area contributed by atoms with E-state index >= 15 is 0 Å². The Morgan fingerprint density at radius 3 is 2.12 bits per heavy atom. The molecule has 0 spiro atoms. The van der Waals surface area contributed by atoms with Crippen molar-refractivity contribution in [3.63, 3.8) is 0 Å². The summed E-state index contributed by atoms with van der Waals surface area (Å²) in [5.41, 5.74) is 2.89. The number of rotatable bonds is 7.